The van der Waals surface area contributed by atoms with Gasteiger partial charge >= 0.3 is 18.2 Å². The molecule has 0 aromatic heterocycles. The van der Waals surface area contributed by atoms with Crippen LogP contribution < -0.4 is 5.32 Å². The molecule has 0 spiro atoms. The minimum Gasteiger partial charge on any atom is -0.480 e. The number of benzene rings is 2. The number of hydrogen-bond donors (Lipinski definition) is 2. The number of ether oxygens (including phenoxy) is 1. The largest absolute Gasteiger partial charge is 0.480 e. The first kappa shape index (κ1) is 23.9. The molecular formula is C22H22ClF3N2O4. The molecule has 1 heterocycles. The van der Waals surface area contributed by atoms with Crippen LogP contribution in [0.15, 0.2) is 48.5 Å². The summed E-state index contributed by atoms with van der Waals surface area (Å²) in [6.45, 7) is 2.93. The van der Waals surface area contributed by atoms with Crippen LogP contribution in [-0.2, 0) is 15.7 Å². The number of halogens is 4. The van der Waals surface area contributed by atoms with Crippen molar-refractivity contribution in [3.05, 3.63) is 70.2 Å². The van der Waals surface area contributed by atoms with E-state index >= 15 is 0 Å². The molecule has 0 radical (unpaired) electrons. The summed E-state index contributed by atoms with van der Waals surface area (Å²) in [7, 11) is 0. The van der Waals surface area contributed by atoms with Crippen molar-refractivity contribution in [3.8, 4) is 0 Å². The second kappa shape index (κ2) is 8.99. The van der Waals surface area contributed by atoms with Gasteiger partial charge in [0.2, 0.25) is 0 Å². The van der Waals surface area contributed by atoms with Gasteiger partial charge in [-0.05, 0) is 43.2 Å². The number of likely N-dealkylation sites (tertiary alicyclic amines) is 1. The Morgan fingerprint density at radius 1 is 1.12 bits per heavy atom. The zero-order valence-electron chi connectivity index (χ0n) is 17.3. The Kier molecular flexibility index (Phi) is 6.71. The molecule has 2 N–H and O–H groups in total. The molecule has 0 aliphatic carbocycles. The van der Waals surface area contributed by atoms with Crippen molar-refractivity contribution in [1.29, 1.82) is 0 Å². The zero-order valence-corrected chi connectivity index (χ0v) is 18.1. The van der Waals surface area contributed by atoms with E-state index in [1.807, 2.05) is 0 Å². The molecule has 172 valence electrons. The molecule has 1 unspecified atom stereocenters. The summed E-state index contributed by atoms with van der Waals surface area (Å²) < 4.78 is 46.9. The van der Waals surface area contributed by atoms with Crippen molar-refractivity contribution in [2.24, 2.45) is 0 Å². The third kappa shape index (κ3) is 5.34. The predicted molar refractivity (Wildman–Crippen MR) is 111 cm³/mol. The van der Waals surface area contributed by atoms with Crippen LogP contribution in [0.3, 0.4) is 0 Å². The molecule has 1 saturated heterocycles. The van der Waals surface area contributed by atoms with E-state index in [1.165, 1.54) is 36.9 Å². The molecule has 1 aliphatic rings. The molecule has 0 bridgehead atoms. The van der Waals surface area contributed by atoms with Gasteiger partial charge in [-0.15, -0.1) is 0 Å². The molecule has 2 aromatic rings. The quantitative estimate of drug-likeness (QED) is 0.640. The highest BCUT2D eigenvalue weighted by molar-refractivity contribution is 6.30. The van der Waals surface area contributed by atoms with Gasteiger partial charge in [0, 0.05) is 5.02 Å². The minimum atomic E-state index is -4.57. The lowest BCUT2D eigenvalue weighted by molar-refractivity contribution is -0.143. The normalized spacial score (nSPS) is 15.8. The van der Waals surface area contributed by atoms with Gasteiger partial charge < -0.3 is 20.1 Å². The first-order valence-corrected chi connectivity index (χ1v) is 10.1. The first-order valence-electron chi connectivity index (χ1n) is 9.76. The maximum Gasteiger partial charge on any atom is 0.416 e. The Bertz CT molecular complexity index is 989. The number of carbonyl (C=O) groups excluding carboxylic acids is 1. The number of amides is 2. The molecule has 3 rings (SSSR count). The van der Waals surface area contributed by atoms with E-state index in [-0.39, 0.29) is 18.7 Å². The average molecular weight is 471 g/mol. The number of nitrogens with zero attached hydrogens (tertiary/aromatic N) is 1. The van der Waals surface area contributed by atoms with Crippen molar-refractivity contribution in [2.45, 2.75) is 37.8 Å². The summed E-state index contributed by atoms with van der Waals surface area (Å²) in [5.41, 5.74) is -1.82. The molecule has 1 fully saturated rings. The van der Waals surface area contributed by atoms with Crippen LogP contribution in [-0.4, -0.2) is 46.7 Å². The van der Waals surface area contributed by atoms with E-state index in [2.05, 4.69) is 5.32 Å². The Morgan fingerprint density at radius 2 is 1.72 bits per heavy atom. The fourth-order valence-corrected chi connectivity index (χ4v) is 3.36. The molecule has 2 aromatic carbocycles. The fraction of sp³-hybridized carbons (Fsp3) is 0.364. The van der Waals surface area contributed by atoms with Gasteiger partial charge in [0.25, 0.3) is 0 Å². The third-order valence-corrected chi connectivity index (χ3v) is 5.39. The predicted octanol–water partition coefficient (Wildman–Crippen LogP) is 4.72. The van der Waals surface area contributed by atoms with Gasteiger partial charge in [0.1, 0.15) is 11.6 Å². The van der Waals surface area contributed by atoms with Gasteiger partial charge in [-0.2, -0.15) is 13.2 Å². The first-order chi connectivity index (χ1) is 14.9. The average Bonchev–Trinajstić information content (AvgIpc) is 2.67. The second-order valence-corrected chi connectivity index (χ2v) is 8.48. The summed E-state index contributed by atoms with van der Waals surface area (Å²) in [6.07, 6.45) is -6.13. The highest BCUT2D eigenvalue weighted by Gasteiger charge is 2.40. The number of rotatable bonds is 6. The summed E-state index contributed by atoms with van der Waals surface area (Å²) in [5.74, 6) is -1.19. The number of alkyl halides is 3. The van der Waals surface area contributed by atoms with Crippen LogP contribution >= 0.6 is 11.6 Å². The second-order valence-electron chi connectivity index (χ2n) is 8.04. The van der Waals surface area contributed by atoms with Crippen molar-refractivity contribution >= 4 is 23.6 Å². The van der Waals surface area contributed by atoms with Crippen LogP contribution in [0.5, 0.6) is 0 Å². The topological polar surface area (TPSA) is 78.9 Å². The maximum absolute atomic E-state index is 13.6. The van der Waals surface area contributed by atoms with Gasteiger partial charge in [0.05, 0.1) is 24.8 Å². The molecule has 6 nitrogen and oxygen atoms in total. The molecule has 1 atom stereocenters. The molecule has 0 saturated carbocycles. The van der Waals surface area contributed by atoms with Crippen molar-refractivity contribution in [3.63, 3.8) is 0 Å². The van der Waals surface area contributed by atoms with Crippen molar-refractivity contribution < 1.29 is 32.6 Å². The van der Waals surface area contributed by atoms with E-state index in [0.29, 0.717) is 10.6 Å². The Labute approximate surface area is 187 Å². The van der Waals surface area contributed by atoms with E-state index in [4.69, 9.17) is 21.4 Å². The SMILES string of the molecule is CC(C)(NC(=O)N1CC(OC(c2ccc(Cl)cc2)c2ccccc2C(F)(F)F)C1)C(=O)O. The number of carbonyl (C=O) groups is 2. The van der Waals surface area contributed by atoms with Crippen LogP contribution in [0.4, 0.5) is 18.0 Å². The van der Waals surface area contributed by atoms with E-state index in [0.717, 1.165) is 6.07 Å². The molecule has 1 aliphatic heterocycles. The van der Waals surface area contributed by atoms with Crippen LogP contribution in [0.25, 0.3) is 0 Å². The van der Waals surface area contributed by atoms with E-state index < -0.39 is 41.5 Å². The number of carboxylic acids is 1. The highest BCUT2D eigenvalue weighted by atomic mass is 35.5. The molecule has 10 heteroatoms. The minimum absolute atomic E-state index is 0.0442. The Morgan fingerprint density at radius 3 is 2.28 bits per heavy atom. The molecule has 2 amide bonds. The Balaban J connectivity index is 1.79. The number of urea groups is 1. The monoisotopic (exact) mass is 470 g/mol. The molecule has 32 heavy (non-hydrogen) atoms. The van der Waals surface area contributed by atoms with E-state index in [9.17, 15) is 22.8 Å². The van der Waals surface area contributed by atoms with Crippen molar-refractivity contribution in [1.82, 2.24) is 10.2 Å². The summed E-state index contributed by atoms with van der Waals surface area (Å²) in [4.78, 5) is 24.8. The number of carboxylic acid groups (broad SMARTS) is 1. The number of aliphatic carboxylic acids is 1. The smallest absolute Gasteiger partial charge is 0.416 e. The van der Waals surface area contributed by atoms with Crippen LogP contribution in [0.1, 0.15) is 36.6 Å². The molecular weight excluding hydrogens is 449 g/mol. The van der Waals surface area contributed by atoms with Crippen LogP contribution in [0, 0.1) is 0 Å². The summed E-state index contributed by atoms with van der Waals surface area (Å²) >= 11 is 5.93. The fourth-order valence-electron chi connectivity index (χ4n) is 3.24. The van der Waals surface area contributed by atoms with Gasteiger partial charge in [0.15, 0.2) is 0 Å². The zero-order chi connectivity index (χ0) is 23.7. The summed E-state index contributed by atoms with van der Waals surface area (Å²) in [6, 6.07) is 10.9. The lowest BCUT2D eigenvalue weighted by Gasteiger charge is -2.42. The lowest BCUT2D eigenvalue weighted by atomic mass is 9.95. The van der Waals surface area contributed by atoms with Gasteiger partial charge in [-0.1, -0.05) is 41.9 Å². The van der Waals surface area contributed by atoms with Crippen LogP contribution in [0.2, 0.25) is 5.02 Å². The highest BCUT2D eigenvalue weighted by Crippen LogP contribution is 2.39. The van der Waals surface area contributed by atoms with E-state index in [1.54, 1.807) is 24.3 Å². The van der Waals surface area contributed by atoms with Gasteiger partial charge in [-0.25, -0.2) is 9.59 Å². The summed E-state index contributed by atoms with van der Waals surface area (Å²) in [5, 5.41) is 12.0. The van der Waals surface area contributed by atoms with Crippen molar-refractivity contribution in [2.75, 3.05) is 13.1 Å². The van der Waals surface area contributed by atoms with Gasteiger partial charge in [-0.3, -0.25) is 0 Å². The lowest BCUT2D eigenvalue weighted by Crippen LogP contribution is -2.62. The number of hydrogen-bond acceptors (Lipinski definition) is 3. The standard InChI is InChI=1S/C22H22ClF3N2O4/c1-21(2,19(29)30)27-20(31)28-11-15(12-28)32-18(13-7-9-14(23)10-8-13)16-5-3-4-6-17(16)22(24,25)26/h3-10,15,18H,11-12H2,1-2H3,(H,27,31)(H,29,30). The number of nitrogens with one attached hydrogen (secondary N) is 1. The maximum atomic E-state index is 13.6. The third-order valence-electron chi connectivity index (χ3n) is 5.14. The Hall–Kier alpha value is -2.78.